The largest absolute Gasteiger partial charge is 0.338 e. The van der Waals surface area contributed by atoms with Gasteiger partial charge in [0.1, 0.15) is 0 Å². The van der Waals surface area contributed by atoms with Crippen molar-refractivity contribution in [1.82, 2.24) is 15.0 Å². The number of thioether (sulfide) groups is 1. The Kier molecular flexibility index (Phi) is 6.43. The molecule has 8 heteroatoms. The Hall–Kier alpha value is -2.42. The van der Waals surface area contributed by atoms with Gasteiger partial charge in [0.25, 0.3) is 5.91 Å². The number of nitrogens with zero attached hydrogens (tertiary/aromatic N) is 3. The summed E-state index contributed by atoms with van der Waals surface area (Å²) in [6.07, 6.45) is 0. The zero-order valence-corrected chi connectivity index (χ0v) is 18.2. The predicted molar refractivity (Wildman–Crippen MR) is 117 cm³/mol. The van der Waals surface area contributed by atoms with Gasteiger partial charge in [-0.3, -0.25) is 4.79 Å². The van der Waals surface area contributed by atoms with Gasteiger partial charge in [-0.15, -0.1) is 34.4 Å². The van der Waals surface area contributed by atoms with Crippen molar-refractivity contribution >= 4 is 40.3 Å². The molecule has 1 amide bonds. The van der Waals surface area contributed by atoms with Crippen molar-refractivity contribution in [1.29, 1.82) is 0 Å². The Bertz CT molecular complexity index is 1010. The van der Waals surface area contributed by atoms with E-state index in [1.54, 1.807) is 41.4 Å². The number of amides is 1. The maximum atomic E-state index is 13.2. The number of aryl methyl sites for hydroxylation is 1. The fourth-order valence-electron chi connectivity index (χ4n) is 2.80. The Morgan fingerprint density at radius 3 is 2.21 bits per heavy atom. The molecule has 0 N–H and O–H groups in total. The van der Waals surface area contributed by atoms with Gasteiger partial charge in [0.05, 0.1) is 18.8 Å². The van der Waals surface area contributed by atoms with E-state index >= 15 is 0 Å². The molecule has 3 heterocycles. The predicted octanol–water partition coefficient (Wildman–Crippen LogP) is 5.64. The van der Waals surface area contributed by atoms with E-state index < -0.39 is 0 Å². The Morgan fingerprint density at radius 1 is 1.03 bits per heavy atom. The van der Waals surface area contributed by atoms with Crippen LogP contribution in [-0.2, 0) is 18.8 Å². The van der Waals surface area contributed by atoms with Crippen LogP contribution in [0.1, 0.15) is 31.8 Å². The molecule has 1 aromatic carbocycles. The number of rotatable bonds is 8. The van der Waals surface area contributed by atoms with E-state index in [4.69, 9.17) is 4.52 Å². The van der Waals surface area contributed by atoms with Crippen molar-refractivity contribution < 1.29 is 9.32 Å². The normalized spacial score (nSPS) is 10.9. The van der Waals surface area contributed by atoms with Crippen LogP contribution < -0.4 is 0 Å². The Labute approximate surface area is 181 Å². The average molecular weight is 442 g/mol. The molecule has 0 saturated carbocycles. The molecule has 29 heavy (non-hydrogen) atoms. The number of hydrogen-bond acceptors (Lipinski definition) is 7. The molecular weight excluding hydrogens is 422 g/mol. The lowest BCUT2D eigenvalue weighted by Gasteiger charge is -2.22. The van der Waals surface area contributed by atoms with Gasteiger partial charge >= 0.3 is 0 Å². The third kappa shape index (κ3) is 5.35. The van der Waals surface area contributed by atoms with Crippen LogP contribution in [0, 0.1) is 6.92 Å². The first kappa shape index (κ1) is 19.9. The first-order chi connectivity index (χ1) is 14.2. The second kappa shape index (κ2) is 9.39. The molecule has 5 nitrogen and oxygen atoms in total. The van der Waals surface area contributed by atoms with Gasteiger partial charge in [-0.25, -0.2) is 0 Å². The fraction of sp³-hybridized carbons (Fsp3) is 0.190. The average Bonchev–Trinajstić information content (AvgIpc) is 3.50. The van der Waals surface area contributed by atoms with Crippen molar-refractivity contribution in [3.63, 3.8) is 0 Å². The summed E-state index contributed by atoms with van der Waals surface area (Å²) < 4.78 is 5.14. The molecule has 0 aliphatic heterocycles. The molecule has 148 valence electrons. The molecule has 4 aromatic rings. The van der Waals surface area contributed by atoms with Gasteiger partial charge in [0.15, 0.2) is 5.82 Å². The molecule has 4 rings (SSSR count). The standard InChI is InChI=1S/C21H19N3O2S3/c1-15-22-20(26-23-15)14-29-17-8-6-16(7-9-17)21(25)24(12-18-4-2-10-27-18)13-19-5-3-11-28-19/h2-11H,12-14H2,1H3. The van der Waals surface area contributed by atoms with Crippen molar-refractivity contribution in [3.05, 3.63) is 86.3 Å². The number of thiophene rings is 2. The summed E-state index contributed by atoms with van der Waals surface area (Å²) in [5.74, 6) is 1.89. The van der Waals surface area contributed by atoms with Crippen molar-refractivity contribution in [3.8, 4) is 0 Å². The molecule has 0 saturated heterocycles. The van der Waals surface area contributed by atoms with Crippen molar-refractivity contribution in [2.24, 2.45) is 0 Å². The van der Waals surface area contributed by atoms with E-state index in [1.165, 1.54) is 9.75 Å². The molecule has 0 aliphatic rings. The number of carbonyl (C=O) groups is 1. The number of carbonyl (C=O) groups excluding carboxylic acids is 1. The molecule has 0 fully saturated rings. The minimum Gasteiger partial charge on any atom is -0.338 e. The highest BCUT2D eigenvalue weighted by molar-refractivity contribution is 7.98. The van der Waals surface area contributed by atoms with E-state index in [2.05, 4.69) is 22.3 Å². The minimum atomic E-state index is 0.0378. The summed E-state index contributed by atoms with van der Waals surface area (Å²) in [5, 5.41) is 7.88. The minimum absolute atomic E-state index is 0.0378. The van der Waals surface area contributed by atoms with E-state index in [0.717, 1.165) is 4.90 Å². The van der Waals surface area contributed by atoms with Crippen LogP contribution in [0.2, 0.25) is 0 Å². The topological polar surface area (TPSA) is 59.2 Å². The maximum absolute atomic E-state index is 13.2. The second-order valence-corrected chi connectivity index (χ2v) is 9.48. The summed E-state index contributed by atoms with van der Waals surface area (Å²) in [6, 6.07) is 15.9. The zero-order valence-electron chi connectivity index (χ0n) is 15.8. The SMILES string of the molecule is Cc1noc(CSc2ccc(C(=O)N(Cc3cccs3)Cc3cccs3)cc2)n1. The second-order valence-electron chi connectivity index (χ2n) is 6.37. The third-order valence-corrected chi connectivity index (χ3v) is 6.89. The van der Waals surface area contributed by atoms with Gasteiger partial charge in [0, 0.05) is 20.2 Å². The molecule has 0 spiro atoms. The highest BCUT2D eigenvalue weighted by Crippen LogP contribution is 2.24. The Balaban J connectivity index is 1.44. The molecular formula is C21H19N3O2S3. The van der Waals surface area contributed by atoms with E-state index in [-0.39, 0.29) is 5.91 Å². The van der Waals surface area contributed by atoms with Crippen LogP contribution in [0.15, 0.2) is 68.7 Å². The van der Waals surface area contributed by atoms with E-state index in [1.807, 2.05) is 52.1 Å². The number of benzene rings is 1. The van der Waals surface area contributed by atoms with Crippen LogP contribution in [0.25, 0.3) is 0 Å². The van der Waals surface area contributed by atoms with E-state index in [0.29, 0.717) is 36.1 Å². The Morgan fingerprint density at radius 2 is 1.69 bits per heavy atom. The van der Waals surface area contributed by atoms with Gasteiger partial charge < -0.3 is 9.42 Å². The summed E-state index contributed by atoms with van der Waals surface area (Å²) in [4.78, 5) is 22.7. The summed E-state index contributed by atoms with van der Waals surface area (Å²) in [6.45, 7) is 3.03. The quantitative estimate of drug-likeness (QED) is 0.331. The summed E-state index contributed by atoms with van der Waals surface area (Å²) >= 11 is 4.95. The van der Waals surface area contributed by atoms with Gasteiger partial charge in [0.2, 0.25) is 5.89 Å². The fourth-order valence-corrected chi connectivity index (χ4v) is 4.98. The summed E-state index contributed by atoms with van der Waals surface area (Å²) in [5.41, 5.74) is 0.691. The van der Waals surface area contributed by atoms with Gasteiger partial charge in [-0.2, -0.15) is 4.98 Å². The van der Waals surface area contributed by atoms with Crippen molar-refractivity contribution in [2.45, 2.75) is 30.7 Å². The third-order valence-electron chi connectivity index (χ3n) is 4.17. The van der Waals surface area contributed by atoms with Crippen LogP contribution in [0.5, 0.6) is 0 Å². The van der Waals surface area contributed by atoms with Crippen LogP contribution in [0.4, 0.5) is 0 Å². The van der Waals surface area contributed by atoms with Gasteiger partial charge in [-0.1, -0.05) is 17.3 Å². The monoisotopic (exact) mass is 441 g/mol. The molecule has 0 aliphatic carbocycles. The first-order valence-corrected chi connectivity index (χ1v) is 11.8. The lowest BCUT2D eigenvalue weighted by Crippen LogP contribution is -2.29. The van der Waals surface area contributed by atoms with Crippen LogP contribution in [-0.4, -0.2) is 20.9 Å². The molecule has 0 unspecified atom stereocenters. The van der Waals surface area contributed by atoms with Crippen LogP contribution in [0.3, 0.4) is 0 Å². The molecule has 0 bridgehead atoms. The maximum Gasteiger partial charge on any atom is 0.254 e. The molecule has 0 radical (unpaired) electrons. The summed E-state index contributed by atoms with van der Waals surface area (Å²) in [7, 11) is 0. The van der Waals surface area contributed by atoms with Gasteiger partial charge in [-0.05, 0) is 54.1 Å². The lowest BCUT2D eigenvalue weighted by molar-refractivity contribution is 0.0733. The molecule has 3 aromatic heterocycles. The first-order valence-electron chi connectivity index (χ1n) is 9.03. The number of aromatic nitrogens is 2. The van der Waals surface area contributed by atoms with Crippen LogP contribution >= 0.6 is 34.4 Å². The lowest BCUT2D eigenvalue weighted by atomic mass is 10.2. The highest BCUT2D eigenvalue weighted by atomic mass is 32.2. The smallest absolute Gasteiger partial charge is 0.254 e. The highest BCUT2D eigenvalue weighted by Gasteiger charge is 2.18. The zero-order chi connectivity index (χ0) is 20.1. The van der Waals surface area contributed by atoms with E-state index in [9.17, 15) is 4.79 Å². The van der Waals surface area contributed by atoms with Crippen molar-refractivity contribution in [2.75, 3.05) is 0 Å². The molecule has 0 atom stereocenters. The number of hydrogen-bond donors (Lipinski definition) is 0.